The van der Waals surface area contributed by atoms with Crippen molar-refractivity contribution in [3.05, 3.63) is 59.1 Å². The second-order valence-electron chi connectivity index (χ2n) is 4.82. The maximum absolute atomic E-state index is 12.2. The Hall–Kier alpha value is -2.39. The molecule has 0 unspecified atom stereocenters. The SMILES string of the molecule is O=C(COc1ccc(SC(F)(F)F)cc1)NNC(=O)c1ccc(Cl)cc1. The van der Waals surface area contributed by atoms with Crippen LogP contribution in [0.15, 0.2) is 53.4 Å². The average Bonchev–Trinajstić information content (AvgIpc) is 2.58. The molecule has 0 aliphatic rings. The third kappa shape index (κ3) is 6.85. The molecule has 2 N–H and O–H groups in total. The van der Waals surface area contributed by atoms with Crippen LogP contribution in [0.25, 0.3) is 0 Å². The average molecular weight is 405 g/mol. The van der Waals surface area contributed by atoms with Crippen LogP contribution in [0.4, 0.5) is 13.2 Å². The van der Waals surface area contributed by atoms with E-state index in [1.54, 1.807) is 0 Å². The number of alkyl halides is 3. The van der Waals surface area contributed by atoms with Crippen LogP contribution in [-0.4, -0.2) is 23.9 Å². The first-order valence-electron chi connectivity index (χ1n) is 7.06. The summed E-state index contributed by atoms with van der Waals surface area (Å²) >= 11 is 5.46. The molecule has 138 valence electrons. The van der Waals surface area contributed by atoms with Crippen LogP contribution in [0, 0.1) is 0 Å². The van der Waals surface area contributed by atoms with E-state index in [9.17, 15) is 22.8 Å². The lowest BCUT2D eigenvalue weighted by Gasteiger charge is -2.10. The third-order valence-electron chi connectivity index (χ3n) is 2.85. The molecule has 0 saturated carbocycles. The molecule has 0 atom stereocenters. The summed E-state index contributed by atoms with van der Waals surface area (Å²) in [5, 5.41) is 0.471. The van der Waals surface area contributed by atoms with Crippen molar-refractivity contribution < 1.29 is 27.5 Å². The minimum absolute atomic E-state index is 0.00419. The van der Waals surface area contributed by atoms with Gasteiger partial charge in [-0.1, -0.05) is 11.6 Å². The Morgan fingerprint density at radius 2 is 1.62 bits per heavy atom. The van der Waals surface area contributed by atoms with Crippen LogP contribution in [-0.2, 0) is 4.79 Å². The summed E-state index contributed by atoms with van der Waals surface area (Å²) in [7, 11) is 0. The van der Waals surface area contributed by atoms with Crippen molar-refractivity contribution in [3.63, 3.8) is 0 Å². The minimum Gasteiger partial charge on any atom is -0.484 e. The Kier molecular flexibility index (Phi) is 6.76. The Bertz CT molecular complexity index is 768. The Labute approximate surface area is 155 Å². The predicted octanol–water partition coefficient (Wildman–Crippen LogP) is 3.79. The summed E-state index contributed by atoms with van der Waals surface area (Å²) in [6.07, 6.45) is 0. The van der Waals surface area contributed by atoms with Crippen LogP contribution < -0.4 is 15.6 Å². The molecule has 0 spiro atoms. The molecule has 0 fully saturated rings. The van der Waals surface area contributed by atoms with Crippen LogP contribution in [0.3, 0.4) is 0 Å². The van der Waals surface area contributed by atoms with Gasteiger partial charge in [0.1, 0.15) is 5.75 Å². The number of benzene rings is 2. The van der Waals surface area contributed by atoms with Gasteiger partial charge in [0.25, 0.3) is 11.8 Å². The fourth-order valence-corrected chi connectivity index (χ4v) is 2.39. The molecule has 0 saturated heterocycles. The molecule has 5 nitrogen and oxygen atoms in total. The number of hydrogen-bond donors (Lipinski definition) is 2. The lowest BCUT2D eigenvalue weighted by Crippen LogP contribution is -2.43. The summed E-state index contributed by atoms with van der Waals surface area (Å²) < 4.78 is 41.8. The lowest BCUT2D eigenvalue weighted by atomic mass is 10.2. The number of halogens is 4. The van der Waals surface area contributed by atoms with Crippen LogP contribution in [0.5, 0.6) is 5.75 Å². The normalized spacial score (nSPS) is 10.9. The molecule has 0 aliphatic heterocycles. The first kappa shape index (κ1) is 19.9. The van der Waals surface area contributed by atoms with Gasteiger partial charge in [-0.15, -0.1) is 0 Å². The van der Waals surface area contributed by atoms with Gasteiger partial charge < -0.3 is 4.74 Å². The van der Waals surface area contributed by atoms with E-state index in [4.69, 9.17) is 16.3 Å². The largest absolute Gasteiger partial charge is 0.484 e. The summed E-state index contributed by atoms with van der Waals surface area (Å²) in [6, 6.07) is 11.1. The number of hydrazine groups is 1. The number of carbonyl (C=O) groups excluding carboxylic acids is 2. The highest BCUT2D eigenvalue weighted by molar-refractivity contribution is 8.00. The van der Waals surface area contributed by atoms with Gasteiger partial charge in [-0.2, -0.15) is 13.2 Å². The van der Waals surface area contributed by atoms with Crippen molar-refractivity contribution in [1.82, 2.24) is 10.9 Å². The van der Waals surface area contributed by atoms with Crippen LogP contribution in [0.2, 0.25) is 5.02 Å². The van der Waals surface area contributed by atoms with E-state index < -0.39 is 23.9 Å². The highest BCUT2D eigenvalue weighted by Gasteiger charge is 2.29. The first-order valence-corrected chi connectivity index (χ1v) is 8.26. The van der Waals surface area contributed by atoms with Gasteiger partial charge in [0, 0.05) is 15.5 Å². The van der Waals surface area contributed by atoms with Crippen molar-refractivity contribution in [2.45, 2.75) is 10.4 Å². The standard InChI is InChI=1S/C16H12ClF3N2O3S/c17-11-3-1-10(2-4-11)15(24)22-21-14(23)9-25-12-5-7-13(8-6-12)26-16(18,19)20/h1-8H,9H2,(H,21,23)(H,22,24). The van der Waals surface area contributed by atoms with E-state index in [0.717, 1.165) is 0 Å². The molecule has 0 heterocycles. The van der Waals surface area contributed by atoms with Gasteiger partial charge in [-0.3, -0.25) is 20.4 Å². The zero-order valence-corrected chi connectivity index (χ0v) is 14.5. The zero-order chi connectivity index (χ0) is 19.2. The van der Waals surface area contributed by atoms with E-state index in [1.807, 2.05) is 0 Å². The molecule has 0 aliphatic carbocycles. The molecule has 2 amide bonds. The van der Waals surface area contributed by atoms with Gasteiger partial charge in [-0.05, 0) is 60.3 Å². The Morgan fingerprint density at radius 1 is 1.00 bits per heavy atom. The van der Waals surface area contributed by atoms with Crippen molar-refractivity contribution in [1.29, 1.82) is 0 Å². The maximum Gasteiger partial charge on any atom is 0.446 e. The molecule has 0 bridgehead atoms. The Morgan fingerprint density at radius 3 is 2.19 bits per heavy atom. The summed E-state index contributed by atoms with van der Waals surface area (Å²) in [5.41, 5.74) is 0.287. The fourth-order valence-electron chi connectivity index (χ4n) is 1.72. The molecule has 2 rings (SSSR count). The van der Waals surface area contributed by atoms with Crippen LogP contribution in [0.1, 0.15) is 10.4 Å². The zero-order valence-electron chi connectivity index (χ0n) is 13.0. The fraction of sp³-hybridized carbons (Fsp3) is 0.125. The van der Waals surface area contributed by atoms with Gasteiger partial charge in [-0.25, -0.2) is 0 Å². The number of carbonyl (C=O) groups is 2. The summed E-state index contributed by atoms with van der Waals surface area (Å²) in [4.78, 5) is 23.4. The molecule has 0 aromatic heterocycles. The maximum atomic E-state index is 12.2. The number of hydrogen-bond acceptors (Lipinski definition) is 4. The molecular formula is C16H12ClF3N2O3S. The monoisotopic (exact) mass is 404 g/mol. The summed E-state index contributed by atoms with van der Waals surface area (Å²) in [5.74, 6) is -0.958. The quantitative estimate of drug-likeness (QED) is 0.587. The second kappa shape index (κ2) is 8.81. The minimum atomic E-state index is -4.37. The smallest absolute Gasteiger partial charge is 0.446 e. The van der Waals surface area contributed by atoms with Gasteiger partial charge in [0.05, 0.1) is 0 Å². The number of nitrogens with one attached hydrogen (secondary N) is 2. The lowest BCUT2D eigenvalue weighted by molar-refractivity contribution is -0.123. The van der Waals surface area contributed by atoms with Gasteiger partial charge >= 0.3 is 5.51 Å². The van der Waals surface area contributed by atoms with Crippen molar-refractivity contribution >= 4 is 35.2 Å². The molecule has 2 aromatic rings. The number of rotatable bonds is 5. The molecule has 0 radical (unpaired) electrons. The Balaban J connectivity index is 1.76. The van der Waals surface area contributed by atoms with E-state index in [-0.39, 0.29) is 22.4 Å². The molecular weight excluding hydrogens is 393 g/mol. The van der Waals surface area contributed by atoms with Gasteiger partial charge in [0.15, 0.2) is 6.61 Å². The van der Waals surface area contributed by atoms with Crippen LogP contribution >= 0.6 is 23.4 Å². The van der Waals surface area contributed by atoms with Crippen molar-refractivity contribution in [2.24, 2.45) is 0 Å². The van der Waals surface area contributed by atoms with Crippen molar-refractivity contribution in [2.75, 3.05) is 6.61 Å². The van der Waals surface area contributed by atoms with E-state index in [1.165, 1.54) is 48.5 Å². The number of ether oxygens (including phenoxy) is 1. The first-order chi connectivity index (χ1) is 12.2. The van der Waals surface area contributed by atoms with E-state index in [0.29, 0.717) is 10.6 Å². The predicted molar refractivity (Wildman–Crippen MR) is 90.9 cm³/mol. The molecule has 2 aromatic carbocycles. The second-order valence-corrected chi connectivity index (χ2v) is 6.39. The summed E-state index contributed by atoms with van der Waals surface area (Å²) in [6.45, 7) is -0.424. The van der Waals surface area contributed by atoms with Crippen molar-refractivity contribution in [3.8, 4) is 5.75 Å². The van der Waals surface area contributed by atoms with Gasteiger partial charge in [0.2, 0.25) is 0 Å². The molecule has 26 heavy (non-hydrogen) atoms. The highest BCUT2D eigenvalue weighted by atomic mass is 35.5. The van der Waals surface area contributed by atoms with E-state index >= 15 is 0 Å². The topological polar surface area (TPSA) is 67.4 Å². The number of thioether (sulfide) groups is 1. The number of amides is 2. The third-order valence-corrected chi connectivity index (χ3v) is 3.84. The highest BCUT2D eigenvalue weighted by Crippen LogP contribution is 2.37. The van der Waals surface area contributed by atoms with E-state index in [2.05, 4.69) is 10.9 Å². The molecule has 10 heteroatoms.